The van der Waals surface area contributed by atoms with Crippen LogP contribution >= 0.6 is 23.2 Å². The molecule has 0 unspecified atom stereocenters. The summed E-state index contributed by atoms with van der Waals surface area (Å²) in [5, 5.41) is 3.95. The maximum Gasteiger partial charge on any atom is 0.251 e. The summed E-state index contributed by atoms with van der Waals surface area (Å²) < 4.78 is 25.1. The minimum Gasteiger partial charge on any atom is -0.352 e. The molecule has 0 aliphatic heterocycles. The van der Waals surface area contributed by atoms with Crippen molar-refractivity contribution < 1.29 is 13.2 Å². The second kappa shape index (κ2) is 9.44. The van der Waals surface area contributed by atoms with Crippen LogP contribution in [0.25, 0.3) is 0 Å². The monoisotopic (exact) mass is 447 g/mol. The predicted molar refractivity (Wildman–Crippen MR) is 116 cm³/mol. The fourth-order valence-corrected chi connectivity index (χ4v) is 4.73. The third kappa shape index (κ3) is 5.82. The van der Waals surface area contributed by atoms with E-state index in [4.69, 9.17) is 23.2 Å². The van der Waals surface area contributed by atoms with Gasteiger partial charge < -0.3 is 5.32 Å². The Labute approximate surface area is 180 Å². The van der Waals surface area contributed by atoms with Crippen LogP contribution in [0.1, 0.15) is 21.5 Å². The van der Waals surface area contributed by atoms with Gasteiger partial charge in [-0.1, -0.05) is 59.6 Å². The number of halogens is 2. The molecule has 0 aliphatic carbocycles. The zero-order valence-electron chi connectivity index (χ0n) is 15.4. The molecule has 150 valence electrons. The van der Waals surface area contributed by atoms with Gasteiger partial charge in [-0.3, -0.25) is 4.79 Å². The molecule has 0 radical (unpaired) electrons. The Morgan fingerprint density at radius 2 is 1.66 bits per heavy atom. The fourth-order valence-electron chi connectivity index (χ4n) is 2.87. The van der Waals surface area contributed by atoms with Crippen LogP contribution in [0.2, 0.25) is 10.0 Å². The summed E-state index contributed by atoms with van der Waals surface area (Å²) in [5.74, 6) is -0.438. The van der Waals surface area contributed by atoms with Gasteiger partial charge in [-0.15, -0.1) is 0 Å². The highest BCUT2D eigenvalue weighted by Gasteiger charge is 2.16. The summed E-state index contributed by atoms with van der Waals surface area (Å²) in [7, 11) is -3.47. The van der Waals surface area contributed by atoms with E-state index in [9.17, 15) is 13.2 Å². The van der Waals surface area contributed by atoms with Gasteiger partial charge in [-0.05, 0) is 53.9 Å². The van der Waals surface area contributed by atoms with Crippen molar-refractivity contribution in [2.45, 2.75) is 17.1 Å². The van der Waals surface area contributed by atoms with Crippen molar-refractivity contribution in [3.8, 4) is 0 Å². The normalized spacial score (nSPS) is 11.2. The minimum atomic E-state index is -3.47. The molecular formula is C22H19Cl2NO3S. The first-order chi connectivity index (χ1) is 13.8. The number of hydrogen-bond donors (Lipinski definition) is 1. The fraction of sp³-hybridized carbons (Fsp3) is 0.136. The second-order valence-corrected chi connectivity index (χ2v) is 9.35. The number of sulfone groups is 1. The Hall–Kier alpha value is -2.34. The van der Waals surface area contributed by atoms with Crippen molar-refractivity contribution in [2.24, 2.45) is 0 Å². The first-order valence-corrected chi connectivity index (χ1v) is 11.3. The van der Waals surface area contributed by atoms with Gasteiger partial charge in [0.25, 0.3) is 5.91 Å². The molecule has 0 heterocycles. The second-order valence-electron chi connectivity index (χ2n) is 6.51. The van der Waals surface area contributed by atoms with Gasteiger partial charge in [0.2, 0.25) is 0 Å². The van der Waals surface area contributed by atoms with Crippen LogP contribution in [-0.2, 0) is 22.0 Å². The van der Waals surface area contributed by atoms with Crippen molar-refractivity contribution >= 4 is 38.9 Å². The van der Waals surface area contributed by atoms with Crippen LogP contribution in [-0.4, -0.2) is 20.9 Å². The number of amides is 1. The van der Waals surface area contributed by atoms with Gasteiger partial charge in [0.15, 0.2) is 9.84 Å². The van der Waals surface area contributed by atoms with Crippen molar-refractivity contribution in [1.29, 1.82) is 0 Å². The van der Waals surface area contributed by atoms with Gasteiger partial charge >= 0.3 is 0 Å². The van der Waals surface area contributed by atoms with Crippen molar-refractivity contribution in [3.05, 3.63) is 99.5 Å². The van der Waals surface area contributed by atoms with Gasteiger partial charge in [0.1, 0.15) is 0 Å². The van der Waals surface area contributed by atoms with E-state index < -0.39 is 9.84 Å². The molecule has 0 aromatic heterocycles. The lowest BCUT2D eigenvalue weighted by atomic mass is 10.1. The molecule has 0 spiro atoms. The third-order valence-electron chi connectivity index (χ3n) is 4.34. The van der Waals surface area contributed by atoms with Crippen LogP contribution in [0.4, 0.5) is 0 Å². The summed E-state index contributed by atoms with van der Waals surface area (Å²) in [6.07, 6.45) is 0.559. The highest BCUT2D eigenvalue weighted by molar-refractivity contribution is 7.90. The third-order valence-corrected chi connectivity index (χ3v) is 6.63. The van der Waals surface area contributed by atoms with Gasteiger partial charge in [0, 0.05) is 22.2 Å². The smallest absolute Gasteiger partial charge is 0.251 e. The molecule has 0 atom stereocenters. The van der Waals surface area contributed by atoms with Crippen LogP contribution in [0.15, 0.2) is 77.7 Å². The summed E-state index contributed by atoms with van der Waals surface area (Å²) in [6, 6.07) is 20.1. The first kappa shape index (κ1) is 21.4. The molecule has 7 heteroatoms. The first-order valence-electron chi connectivity index (χ1n) is 8.94. The Kier molecular flexibility index (Phi) is 6.96. The summed E-state index contributed by atoms with van der Waals surface area (Å²) in [4.78, 5) is 12.7. The molecule has 4 nitrogen and oxygen atoms in total. The predicted octanol–water partition coefficient (Wildman–Crippen LogP) is 4.94. The van der Waals surface area contributed by atoms with E-state index in [1.54, 1.807) is 66.7 Å². The highest BCUT2D eigenvalue weighted by atomic mass is 35.5. The summed E-state index contributed by atoms with van der Waals surface area (Å²) in [5.41, 5.74) is 1.86. The van der Waals surface area contributed by atoms with E-state index in [-0.39, 0.29) is 16.6 Å². The lowest BCUT2D eigenvalue weighted by Crippen LogP contribution is -2.25. The molecule has 1 amide bonds. The Bertz CT molecular complexity index is 1120. The van der Waals surface area contributed by atoms with Crippen molar-refractivity contribution in [1.82, 2.24) is 5.32 Å². The molecule has 0 aliphatic rings. The van der Waals surface area contributed by atoms with Crippen LogP contribution < -0.4 is 5.32 Å². The van der Waals surface area contributed by atoms with Crippen LogP contribution in [0, 0.1) is 0 Å². The van der Waals surface area contributed by atoms with E-state index in [0.29, 0.717) is 34.1 Å². The Balaban J connectivity index is 1.63. The SMILES string of the molecule is O=C(NCCc1ccc(Cl)cc1Cl)c1cccc(CS(=O)(=O)c2ccccc2)c1. The quantitative estimate of drug-likeness (QED) is 0.557. The topological polar surface area (TPSA) is 63.2 Å². The largest absolute Gasteiger partial charge is 0.352 e. The number of nitrogens with one attached hydrogen (secondary N) is 1. The number of benzene rings is 3. The number of carbonyl (C=O) groups excluding carboxylic acids is 1. The van der Waals surface area contributed by atoms with Crippen LogP contribution in [0.5, 0.6) is 0 Å². The summed E-state index contributed by atoms with van der Waals surface area (Å²) in [6.45, 7) is 0.396. The summed E-state index contributed by atoms with van der Waals surface area (Å²) >= 11 is 12.0. The lowest BCUT2D eigenvalue weighted by molar-refractivity contribution is 0.0954. The van der Waals surface area contributed by atoms with Gasteiger partial charge in [-0.2, -0.15) is 0 Å². The number of carbonyl (C=O) groups is 1. The molecule has 3 aromatic carbocycles. The standard InChI is InChI=1S/C22H19Cl2NO3S/c23-19-10-9-17(21(24)14-19)11-12-25-22(26)18-6-4-5-16(13-18)15-29(27,28)20-7-2-1-3-8-20/h1-10,13-14H,11-12,15H2,(H,25,26). The average molecular weight is 448 g/mol. The van der Waals surface area contributed by atoms with E-state index in [1.807, 2.05) is 6.07 Å². The van der Waals surface area contributed by atoms with Gasteiger partial charge in [0.05, 0.1) is 10.6 Å². The number of rotatable bonds is 7. The molecule has 1 N–H and O–H groups in total. The van der Waals surface area contributed by atoms with Crippen molar-refractivity contribution in [3.63, 3.8) is 0 Å². The maximum absolute atomic E-state index is 12.5. The zero-order valence-corrected chi connectivity index (χ0v) is 17.8. The molecule has 3 aromatic rings. The van der Waals surface area contributed by atoms with E-state index in [2.05, 4.69) is 5.32 Å². The Morgan fingerprint density at radius 1 is 0.897 bits per heavy atom. The van der Waals surface area contributed by atoms with E-state index in [0.717, 1.165) is 5.56 Å². The molecule has 0 saturated heterocycles. The van der Waals surface area contributed by atoms with Crippen molar-refractivity contribution in [2.75, 3.05) is 6.54 Å². The molecule has 0 fully saturated rings. The number of hydrogen-bond acceptors (Lipinski definition) is 3. The zero-order chi connectivity index (χ0) is 20.9. The molecule has 0 saturated carbocycles. The van der Waals surface area contributed by atoms with Gasteiger partial charge in [-0.25, -0.2) is 8.42 Å². The maximum atomic E-state index is 12.5. The van der Waals surface area contributed by atoms with E-state index >= 15 is 0 Å². The Morgan fingerprint density at radius 3 is 2.38 bits per heavy atom. The minimum absolute atomic E-state index is 0.168. The van der Waals surface area contributed by atoms with E-state index in [1.165, 1.54) is 0 Å². The average Bonchev–Trinajstić information content (AvgIpc) is 2.70. The highest BCUT2D eigenvalue weighted by Crippen LogP contribution is 2.21. The van der Waals surface area contributed by atoms with Crippen LogP contribution in [0.3, 0.4) is 0 Å². The lowest BCUT2D eigenvalue weighted by Gasteiger charge is -2.09. The molecule has 29 heavy (non-hydrogen) atoms. The molecular weight excluding hydrogens is 429 g/mol. The molecule has 0 bridgehead atoms. The molecule has 3 rings (SSSR count).